The normalized spacial score (nSPS) is 10.3. The number of benzene rings is 2. The van der Waals surface area contributed by atoms with Gasteiger partial charge in [-0.1, -0.05) is 19.4 Å². The van der Waals surface area contributed by atoms with Crippen LogP contribution in [0.25, 0.3) is 0 Å². The minimum atomic E-state index is -0.300. The number of rotatable bonds is 7. The van der Waals surface area contributed by atoms with Gasteiger partial charge in [0, 0.05) is 36.0 Å². The fourth-order valence-corrected chi connectivity index (χ4v) is 2.50. The average Bonchev–Trinajstić information content (AvgIpc) is 2.66. The Labute approximate surface area is 154 Å². The molecule has 5 heteroatoms. The Morgan fingerprint density at radius 2 is 1.62 bits per heavy atom. The van der Waals surface area contributed by atoms with Gasteiger partial charge in [0.15, 0.2) is 5.78 Å². The molecule has 0 heterocycles. The minimum Gasteiger partial charge on any atom is -0.342 e. The molecule has 0 aliphatic rings. The summed E-state index contributed by atoms with van der Waals surface area (Å²) in [4.78, 5) is 37.9. The van der Waals surface area contributed by atoms with E-state index in [0.717, 1.165) is 12.8 Å². The number of anilines is 1. The van der Waals surface area contributed by atoms with Crippen molar-refractivity contribution in [3.8, 4) is 0 Å². The van der Waals surface area contributed by atoms with Gasteiger partial charge in [-0.2, -0.15) is 0 Å². The van der Waals surface area contributed by atoms with Crippen LogP contribution in [0.3, 0.4) is 0 Å². The van der Waals surface area contributed by atoms with E-state index in [2.05, 4.69) is 12.2 Å². The summed E-state index contributed by atoms with van der Waals surface area (Å²) >= 11 is 0. The van der Waals surface area contributed by atoms with Gasteiger partial charge in [0.05, 0.1) is 0 Å². The van der Waals surface area contributed by atoms with E-state index in [1.54, 1.807) is 60.5 Å². The maximum Gasteiger partial charge on any atom is 0.255 e. The zero-order valence-electron chi connectivity index (χ0n) is 15.4. The predicted molar refractivity (Wildman–Crippen MR) is 103 cm³/mol. The van der Waals surface area contributed by atoms with E-state index < -0.39 is 0 Å². The van der Waals surface area contributed by atoms with Crippen LogP contribution in [0.15, 0.2) is 48.5 Å². The minimum absolute atomic E-state index is 0.0266. The smallest absolute Gasteiger partial charge is 0.255 e. The molecule has 0 saturated heterocycles. The summed E-state index contributed by atoms with van der Waals surface area (Å²) in [6, 6.07) is 13.4. The van der Waals surface area contributed by atoms with Gasteiger partial charge in [0.1, 0.15) is 0 Å². The quantitative estimate of drug-likeness (QED) is 0.766. The molecule has 2 rings (SSSR count). The molecule has 5 nitrogen and oxygen atoms in total. The molecule has 0 bridgehead atoms. The lowest BCUT2D eigenvalue weighted by molar-refractivity contribution is 0.0793. The number of nitrogens with one attached hydrogen (secondary N) is 1. The Morgan fingerprint density at radius 1 is 0.962 bits per heavy atom. The van der Waals surface area contributed by atoms with Gasteiger partial charge in [-0.05, 0) is 55.8 Å². The molecule has 1 N–H and O–H groups in total. The second kappa shape index (κ2) is 8.94. The maximum absolute atomic E-state index is 12.4. The molecular formula is C21H24N2O3. The molecule has 2 aromatic rings. The van der Waals surface area contributed by atoms with Crippen molar-refractivity contribution < 1.29 is 14.4 Å². The lowest BCUT2D eigenvalue weighted by Crippen LogP contribution is -2.28. The van der Waals surface area contributed by atoms with Crippen molar-refractivity contribution in [2.75, 3.05) is 18.9 Å². The van der Waals surface area contributed by atoms with E-state index in [1.807, 2.05) is 0 Å². The highest BCUT2D eigenvalue weighted by Gasteiger charge is 2.14. The molecule has 0 saturated carbocycles. The van der Waals surface area contributed by atoms with E-state index in [-0.39, 0.29) is 17.6 Å². The number of ketones is 1. The molecule has 26 heavy (non-hydrogen) atoms. The Bertz CT molecular complexity index is 797. The fourth-order valence-electron chi connectivity index (χ4n) is 2.50. The highest BCUT2D eigenvalue weighted by molar-refractivity contribution is 6.06. The van der Waals surface area contributed by atoms with E-state index >= 15 is 0 Å². The van der Waals surface area contributed by atoms with Crippen LogP contribution in [0.1, 0.15) is 57.8 Å². The van der Waals surface area contributed by atoms with Gasteiger partial charge < -0.3 is 10.2 Å². The van der Waals surface area contributed by atoms with Crippen molar-refractivity contribution in [3.63, 3.8) is 0 Å². The average molecular weight is 352 g/mol. The molecule has 0 fully saturated rings. The summed E-state index contributed by atoms with van der Waals surface area (Å²) in [5.41, 5.74) is 2.08. The van der Waals surface area contributed by atoms with E-state index in [4.69, 9.17) is 0 Å². The fraction of sp³-hybridized carbons (Fsp3) is 0.286. The molecule has 0 spiro atoms. The molecule has 0 atom stereocenters. The number of unbranched alkanes of at least 4 members (excludes halogenated alkanes) is 1. The van der Waals surface area contributed by atoms with Crippen molar-refractivity contribution in [2.45, 2.75) is 26.7 Å². The molecule has 2 amide bonds. The monoisotopic (exact) mass is 352 g/mol. The third kappa shape index (κ3) is 5.02. The molecule has 136 valence electrons. The summed E-state index contributed by atoms with van der Waals surface area (Å²) in [7, 11) is 1.77. The van der Waals surface area contributed by atoms with Gasteiger partial charge >= 0.3 is 0 Å². The van der Waals surface area contributed by atoms with Crippen LogP contribution in [0.2, 0.25) is 0 Å². The largest absolute Gasteiger partial charge is 0.342 e. The van der Waals surface area contributed by atoms with Gasteiger partial charge in [-0.15, -0.1) is 0 Å². The Balaban J connectivity index is 2.09. The van der Waals surface area contributed by atoms with Crippen LogP contribution >= 0.6 is 0 Å². The third-order valence-electron chi connectivity index (χ3n) is 4.11. The highest BCUT2D eigenvalue weighted by Crippen LogP contribution is 2.14. The Hall–Kier alpha value is -2.95. The van der Waals surface area contributed by atoms with Crippen LogP contribution in [0, 0.1) is 0 Å². The first-order valence-electron chi connectivity index (χ1n) is 8.70. The van der Waals surface area contributed by atoms with Crippen molar-refractivity contribution in [1.82, 2.24) is 4.90 Å². The summed E-state index contributed by atoms with van der Waals surface area (Å²) in [6.45, 7) is 4.26. The molecular weight excluding hydrogens is 328 g/mol. The first-order valence-corrected chi connectivity index (χ1v) is 8.70. The van der Waals surface area contributed by atoms with Crippen molar-refractivity contribution in [3.05, 3.63) is 65.2 Å². The number of Topliss-reactive ketones (excluding diaryl/α,β-unsaturated/α-hetero) is 1. The lowest BCUT2D eigenvalue weighted by Gasteiger charge is -2.17. The van der Waals surface area contributed by atoms with Crippen molar-refractivity contribution in [2.24, 2.45) is 0 Å². The number of hydrogen-bond acceptors (Lipinski definition) is 3. The zero-order valence-corrected chi connectivity index (χ0v) is 15.4. The number of amides is 2. The third-order valence-corrected chi connectivity index (χ3v) is 4.11. The topological polar surface area (TPSA) is 66.5 Å². The van der Waals surface area contributed by atoms with Gasteiger partial charge in [0.2, 0.25) is 0 Å². The maximum atomic E-state index is 12.4. The van der Waals surface area contributed by atoms with E-state index in [9.17, 15) is 14.4 Å². The second-order valence-corrected chi connectivity index (χ2v) is 6.25. The van der Waals surface area contributed by atoms with Crippen molar-refractivity contribution >= 4 is 23.3 Å². The Kier molecular flexibility index (Phi) is 6.67. The molecule has 2 aromatic carbocycles. The summed E-state index contributed by atoms with van der Waals surface area (Å²) < 4.78 is 0. The summed E-state index contributed by atoms with van der Waals surface area (Å²) in [5, 5.41) is 2.78. The SMILES string of the molecule is CCCCN(C)C(=O)c1cccc(C(=O)Nc2ccc(C(C)=O)cc2)c1. The highest BCUT2D eigenvalue weighted by atomic mass is 16.2. The molecule has 0 radical (unpaired) electrons. The molecule has 0 aromatic heterocycles. The van der Waals surface area contributed by atoms with Crippen molar-refractivity contribution in [1.29, 1.82) is 0 Å². The zero-order chi connectivity index (χ0) is 19.1. The summed E-state index contributed by atoms with van der Waals surface area (Å²) in [6.07, 6.45) is 1.96. The lowest BCUT2D eigenvalue weighted by atomic mass is 10.1. The number of nitrogens with zero attached hydrogens (tertiary/aromatic N) is 1. The first kappa shape index (κ1) is 19.4. The Morgan fingerprint density at radius 3 is 2.23 bits per heavy atom. The van der Waals surface area contributed by atoms with Crippen LogP contribution in [0.4, 0.5) is 5.69 Å². The summed E-state index contributed by atoms with van der Waals surface area (Å²) in [5.74, 6) is -0.424. The molecule has 0 aliphatic carbocycles. The van der Waals surface area contributed by atoms with Crippen LogP contribution in [0.5, 0.6) is 0 Å². The van der Waals surface area contributed by atoms with E-state index in [0.29, 0.717) is 28.9 Å². The number of hydrogen-bond donors (Lipinski definition) is 1. The second-order valence-electron chi connectivity index (χ2n) is 6.25. The predicted octanol–water partition coefficient (Wildman–Crippen LogP) is 4.01. The van der Waals surface area contributed by atoms with Gasteiger partial charge in [-0.3, -0.25) is 14.4 Å². The first-order chi connectivity index (χ1) is 12.4. The van der Waals surface area contributed by atoms with Crippen LogP contribution in [-0.2, 0) is 0 Å². The molecule has 0 unspecified atom stereocenters. The molecule has 0 aliphatic heterocycles. The standard InChI is InChI=1S/C21H24N2O3/c1-4-5-13-23(3)21(26)18-8-6-7-17(14-18)20(25)22-19-11-9-16(10-12-19)15(2)24/h6-12,14H,4-5,13H2,1-3H3,(H,22,25). The van der Waals surface area contributed by atoms with Gasteiger partial charge in [0.25, 0.3) is 11.8 Å². The number of carbonyl (C=O) groups is 3. The number of carbonyl (C=O) groups excluding carboxylic acids is 3. The van der Waals surface area contributed by atoms with Crippen LogP contribution in [-0.4, -0.2) is 36.1 Å². The van der Waals surface area contributed by atoms with Crippen LogP contribution < -0.4 is 5.32 Å². The van der Waals surface area contributed by atoms with Gasteiger partial charge in [-0.25, -0.2) is 0 Å². The van der Waals surface area contributed by atoms with E-state index in [1.165, 1.54) is 6.92 Å².